The van der Waals surface area contributed by atoms with Gasteiger partial charge in [0.1, 0.15) is 11.6 Å². The molecule has 2 aromatic carbocycles. The van der Waals surface area contributed by atoms with Crippen molar-refractivity contribution in [1.82, 2.24) is 14.8 Å². The lowest BCUT2D eigenvalue weighted by molar-refractivity contribution is 0.696. The number of hydrogen-bond donors (Lipinski definition) is 0. The molecule has 3 aromatic rings. The van der Waals surface area contributed by atoms with Crippen molar-refractivity contribution in [1.29, 1.82) is 0 Å². The van der Waals surface area contributed by atoms with E-state index in [0.717, 1.165) is 44.8 Å². The molecule has 2 heterocycles. The van der Waals surface area contributed by atoms with Gasteiger partial charge in [0, 0.05) is 27.6 Å². The van der Waals surface area contributed by atoms with Gasteiger partial charge in [0.2, 0.25) is 0 Å². The minimum Gasteiger partial charge on any atom is -0.339 e. The van der Waals surface area contributed by atoms with Crippen molar-refractivity contribution < 1.29 is 0 Å². The molecule has 1 aliphatic rings. The van der Waals surface area contributed by atoms with E-state index in [-0.39, 0.29) is 5.92 Å². The average molecular weight is 404 g/mol. The highest BCUT2D eigenvalue weighted by Crippen LogP contribution is 2.39. The summed E-state index contributed by atoms with van der Waals surface area (Å²) in [6, 6.07) is 14.3. The van der Waals surface area contributed by atoms with Crippen molar-refractivity contribution >= 4 is 38.9 Å². The number of halogens is 2. The molecule has 1 aromatic heterocycles. The van der Waals surface area contributed by atoms with Gasteiger partial charge in [0.15, 0.2) is 0 Å². The number of anilines is 2. The summed E-state index contributed by atoms with van der Waals surface area (Å²) in [6.07, 6.45) is 0. The molecule has 1 aliphatic heterocycles. The van der Waals surface area contributed by atoms with Crippen molar-refractivity contribution in [2.24, 2.45) is 0 Å². The third-order valence-corrected chi connectivity index (χ3v) is 5.10. The summed E-state index contributed by atoms with van der Waals surface area (Å²) in [6.45, 7) is 5.00. The molecule has 4 nitrogen and oxygen atoms in total. The van der Waals surface area contributed by atoms with E-state index in [4.69, 9.17) is 11.6 Å². The van der Waals surface area contributed by atoms with Crippen LogP contribution in [0.25, 0.3) is 5.69 Å². The Bertz CT molecular complexity index is 904. The molecule has 0 spiro atoms. The molecule has 0 bridgehead atoms. The number of benzene rings is 2. The minimum atomic E-state index is 0.244. The molecule has 1 atom stereocenters. The van der Waals surface area contributed by atoms with E-state index in [9.17, 15) is 0 Å². The highest BCUT2D eigenvalue weighted by molar-refractivity contribution is 9.10. The zero-order valence-electron chi connectivity index (χ0n) is 13.4. The number of aryl methyl sites for hydroxylation is 1. The molecule has 0 radical (unpaired) electrons. The van der Waals surface area contributed by atoms with Gasteiger partial charge < -0.3 is 4.90 Å². The summed E-state index contributed by atoms with van der Waals surface area (Å²) in [4.78, 5) is 2.31. The summed E-state index contributed by atoms with van der Waals surface area (Å²) in [5, 5.41) is 9.44. The first-order chi connectivity index (χ1) is 11.5. The van der Waals surface area contributed by atoms with Crippen molar-refractivity contribution in [3.8, 4) is 5.69 Å². The Hall–Kier alpha value is -1.85. The molecule has 0 saturated heterocycles. The monoisotopic (exact) mass is 402 g/mol. The first kappa shape index (κ1) is 15.7. The van der Waals surface area contributed by atoms with E-state index in [0.29, 0.717) is 0 Å². The number of hydrogen-bond acceptors (Lipinski definition) is 3. The average Bonchev–Trinajstić information content (AvgIpc) is 2.89. The van der Waals surface area contributed by atoms with Gasteiger partial charge in [0.05, 0.1) is 11.4 Å². The smallest absolute Gasteiger partial charge is 0.142 e. The fourth-order valence-corrected chi connectivity index (χ4v) is 3.69. The van der Waals surface area contributed by atoms with E-state index in [1.807, 2.05) is 19.1 Å². The molecule has 24 heavy (non-hydrogen) atoms. The lowest BCUT2D eigenvalue weighted by atomic mass is 10.1. The first-order valence-electron chi connectivity index (χ1n) is 7.79. The molecule has 0 unspecified atom stereocenters. The molecule has 0 amide bonds. The van der Waals surface area contributed by atoms with E-state index in [1.165, 1.54) is 0 Å². The van der Waals surface area contributed by atoms with Crippen LogP contribution in [-0.2, 0) is 0 Å². The SMILES string of the molecule is Cc1nnc2n1-c1ccc(Br)cc1N(c1ccc(Cl)cc1)C[C@H]2C. The molecular formula is C18H16BrClN4. The Labute approximate surface area is 154 Å². The van der Waals surface area contributed by atoms with E-state index in [2.05, 4.69) is 72.8 Å². The summed E-state index contributed by atoms with van der Waals surface area (Å²) in [5.74, 6) is 2.14. The Balaban J connectivity index is 1.96. The van der Waals surface area contributed by atoms with Crippen molar-refractivity contribution in [3.05, 3.63) is 63.6 Å². The molecule has 0 N–H and O–H groups in total. The largest absolute Gasteiger partial charge is 0.339 e. The predicted molar refractivity (Wildman–Crippen MR) is 101 cm³/mol. The Morgan fingerprint density at radius 2 is 1.83 bits per heavy atom. The zero-order valence-corrected chi connectivity index (χ0v) is 15.7. The van der Waals surface area contributed by atoms with Crippen LogP contribution < -0.4 is 4.90 Å². The van der Waals surface area contributed by atoms with Gasteiger partial charge in [-0.25, -0.2) is 0 Å². The van der Waals surface area contributed by atoms with Crippen molar-refractivity contribution in [2.45, 2.75) is 19.8 Å². The second-order valence-corrected chi connectivity index (χ2v) is 7.41. The fraction of sp³-hybridized carbons (Fsp3) is 0.222. The van der Waals surface area contributed by atoms with E-state index >= 15 is 0 Å². The normalized spacial score (nSPS) is 16.5. The first-order valence-corrected chi connectivity index (χ1v) is 8.96. The molecular weight excluding hydrogens is 388 g/mol. The molecule has 6 heteroatoms. The number of fused-ring (bicyclic) bond motifs is 3. The van der Waals surface area contributed by atoms with Crippen LogP contribution in [0.4, 0.5) is 11.4 Å². The van der Waals surface area contributed by atoms with Crippen LogP contribution in [0.5, 0.6) is 0 Å². The molecule has 0 aliphatic carbocycles. The third-order valence-electron chi connectivity index (χ3n) is 4.35. The maximum absolute atomic E-state index is 6.06. The quantitative estimate of drug-likeness (QED) is 0.557. The van der Waals surface area contributed by atoms with Gasteiger partial charge in [-0.05, 0) is 49.4 Å². The predicted octanol–water partition coefficient (Wildman–Crippen LogP) is 5.25. The maximum Gasteiger partial charge on any atom is 0.142 e. The maximum atomic E-state index is 6.06. The second kappa shape index (κ2) is 5.90. The van der Waals surface area contributed by atoms with Gasteiger partial charge in [-0.3, -0.25) is 4.57 Å². The van der Waals surface area contributed by atoms with Gasteiger partial charge in [-0.15, -0.1) is 10.2 Å². The molecule has 0 saturated carbocycles. The summed E-state index contributed by atoms with van der Waals surface area (Å²) < 4.78 is 3.20. The van der Waals surface area contributed by atoms with Crippen LogP contribution in [0.1, 0.15) is 24.5 Å². The lowest BCUT2D eigenvalue weighted by Crippen LogP contribution is -2.21. The van der Waals surface area contributed by atoms with Crippen LogP contribution in [0.3, 0.4) is 0 Å². The second-order valence-electron chi connectivity index (χ2n) is 6.06. The molecule has 122 valence electrons. The van der Waals surface area contributed by atoms with E-state index < -0.39 is 0 Å². The van der Waals surface area contributed by atoms with Gasteiger partial charge in [0.25, 0.3) is 0 Å². The van der Waals surface area contributed by atoms with Crippen LogP contribution in [-0.4, -0.2) is 21.3 Å². The lowest BCUT2D eigenvalue weighted by Gasteiger charge is -2.26. The standard InChI is InChI=1S/C18H16BrClN4/c1-11-10-23(15-6-4-14(20)5-7-15)17-9-13(19)3-8-16(17)24-12(2)21-22-18(11)24/h3-9,11H,10H2,1-2H3/t11-/m1/s1. The summed E-state index contributed by atoms with van der Waals surface area (Å²) >= 11 is 9.67. The summed E-state index contributed by atoms with van der Waals surface area (Å²) in [7, 11) is 0. The van der Waals surface area contributed by atoms with Crippen LogP contribution >= 0.6 is 27.5 Å². The van der Waals surface area contributed by atoms with Gasteiger partial charge in [-0.2, -0.15) is 0 Å². The number of nitrogens with zero attached hydrogens (tertiary/aromatic N) is 4. The van der Waals surface area contributed by atoms with Gasteiger partial charge >= 0.3 is 0 Å². The van der Waals surface area contributed by atoms with Crippen molar-refractivity contribution in [3.63, 3.8) is 0 Å². The Kier molecular flexibility index (Phi) is 3.85. The van der Waals surface area contributed by atoms with Crippen LogP contribution in [0, 0.1) is 6.92 Å². The Morgan fingerprint density at radius 3 is 2.58 bits per heavy atom. The molecule has 0 fully saturated rings. The topological polar surface area (TPSA) is 34.0 Å². The zero-order chi connectivity index (χ0) is 16.8. The van der Waals surface area contributed by atoms with E-state index in [1.54, 1.807) is 0 Å². The minimum absolute atomic E-state index is 0.244. The van der Waals surface area contributed by atoms with Crippen LogP contribution in [0.15, 0.2) is 46.9 Å². The number of rotatable bonds is 1. The van der Waals surface area contributed by atoms with Crippen molar-refractivity contribution in [2.75, 3.05) is 11.4 Å². The molecule has 4 rings (SSSR count). The fourth-order valence-electron chi connectivity index (χ4n) is 3.22. The number of aromatic nitrogens is 3. The highest BCUT2D eigenvalue weighted by atomic mass is 79.9. The van der Waals surface area contributed by atoms with Gasteiger partial charge in [-0.1, -0.05) is 34.5 Å². The third kappa shape index (κ3) is 2.52. The Morgan fingerprint density at radius 1 is 1.08 bits per heavy atom. The summed E-state index contributed by atoms with van der Waals surface area (Å²) in [5.41, 5.74) is 3.33. The van der Waals surface area contributed by atoms with Crippen LogP contribution in [0.2, 0.25) is 5.02 Å². The highest BCUT2D eigenvalue weighted by Gasteiger charge is 2.28.